The average molecular weight is 271 g/mol. The van der Waals surface area contributed by atoms with Gasteiger partial charge in [-0.15, -0.1) is 6.58 Å². The third kappa shape index (κ3) is 6.01. The smallest absolute Gasteiger partial charge is 0.322 e. The van der Waals surface area contributed by atoms with Crippen LogP contribution in [0, 0.1) is 0 Å². The van der Waals surface area contributed by atoms with E-state index in [4.69, 9.17) is 10.8 Å². The van der Waals surface area contributed by atoms with Crippen LogP contribution in [0.4, 0.5) is 0 Å². The minimum absolute atomic E-state index is 0.270. The molecule has 7 heteroatoms. The lowest BCUT2D eigenvalue weighted by Gasteiger charge is -2.25. The van der Waals surface area contributed by atoms with Gasteiger partial charge in [0.25, 0.3) is 0 Å². The van der Waals surface area contributed by atoms with E-state index in [1.165, 1.54) is 13.0 Å². The molecule has 0 heterocycles. The van der Waals surface area contributed by atoms with Crippen LogP contribution in [0.5, 0.6) is 0 Å². The highest BCUT2D eigenvalue weighted by Crippen LogP contribution is 2.07. The molecule has 19 heavy (non-hydrogen) atoms. The van der Waals surface area contributed by atoms with Crippen LogP contribution in [0.25, 0.3) is 0 Å². The van der Waals surface area contributed by atoms with Gasteiger partial charge in [-0.25, -0.2) is 0 Å². The van der Waals surface area contributed by atoms with Gasteiger partial charge in [-0.3, -0.25) is 14.4 Å². The molecular formula is C12H21N3O4. The third-order valence-corrected chi connectivity index (χ3v) is 2.53. The van der Waals surface area contributed by atoms with Gasteiger partial charge in [0.1, 0.15) is 12.6 Å². The minimum Gasteiger partial charge on any atom is -0.480 e. The van der Waals surface area contributed by atoms with Gasteiger partial charge >= 0.3 is 5.97 Å². The maximum Gasteiger partial charge on any atom is 0.322 e. The van der Waals surface area contributed by atoms with Crippen molar-refractivity contribution < 1.29 is 19.5 Å². The van der Waals surface area contributed by atoms with E-state index < -0.39 is 35.9 Å². The Hall–Kier alpha value is -1.89. The van der Waals surface area contributed by atoms with Gasteiger partial charge in [0, 0.05) is 0 Å². The van der Waals surface area contributed by atoms with Gasteiger partial charge in [0.05, 0.1) is 5.54 Å². The first kappa shape index (κ1) is 17.1. The van der Waals surface area contributed by atoms with E-state index in [9.17, 15) is 14.4 Å². The number of amides is 2. The van der Waals surface area contributed by atoms with Crippen molar-refractivity contribution in [2.45, 2.75) is 38.3 Å². The van der Waals surface area contributed by atoms with Crippen LogP contribution in [0.15, 0.2) is 12.7 Å². The van der Waals surface area contributed by atoms with Crippen LogP contribution in [0.2, 0.25) is 0 Å². The fourth-order valence-corrected chi connectivity index (χ4v) is 1.35. The molecule has 2 amide bonds. The first-order valence-corrected chi connectivity index (χ1v) is 5.94. The summed E-state index contributed by atoms with van der Waals surface area (Å²) in [6.45, 7) is 6.25. The van der Waals surface area contributed by atoms with Crippen LogP contribution in [-0.4, -0.2) is 41.0 Å². The monoisotopic (exact) mass is 271 g/mol. The Morgan fingerprint density at radius 3 is 2.47 bits per heavy atom. The second-order valence-corrected chi connectivity index (χ2v) is 4.46. The number of hydrogen-bond acceptors (Lipinski definition) is 4. The molecule has 0 saturated carbocycles. The van der Waals surface area contributed by atoms with Crippen molar-refractivity contribution in [3.8, 4) is 0 Å². The zero-order valence-corrected chi connectivity index (χ0v) is 11.2. The Kier molecular flexibility index (Phi) is 6.78. The predicted octanol–water partition coefficient (Wildman–Crippen LogP) is -0.624. The Labute approximate surface area is 112 Å². The lowest BCUT2D eigenvalue weighted by Crippen LogP contribution is -2.57. The van der Waals surface area contributed by atoms with Crippen molar-refractivity contribution in [1.82, 2.24) is 10.6 Å². The highest BCUT2D eigenvalue weighted by Gasteiger charge is 2.30. The summed E-state index contributed by atoms with van der Waals surface area (Å²) in [5.74, 6) is -2.18. The molecule has 0 saturated heterocycles. The van der Waals surface area contributed by atoms with Gasteiger partial charge < -0.3 is 21.5 Å². The summed E-state index contributed by atoms with van der Waals surface area (Å²) in [6, 6.07) is -0.806. The van der Waals surface area contributed by atoms with Gasteiger partial charge in [0.15, 0.2) is 0 Å². The standard InChI is InChI=1S/C12H21N3O4/c1-4-6-12(3,13)11(19)15-8(5-2)10(18)14-7-9(16)17/h4,8H,1,5-7,13H2,2-3H3,(H,14,18)(H,15,19)(H,16,17)/t8-,12+/m0/s1. The second-order valence-electron chi connectivity index (χ2n) is 4.46. The number of hydrogen-bond donors (Lipinski definition) is 4. The topological polar surface area (TPSA) is 122 Å². The van der Waals surface area contributed by atoms with Gasteiger partial charge in [-0.2, -0.15) is 0 Å². The number of carbonyl (C=O) groups is 3. The molecule has 0 spiro atoms. The van der Waals surface area contributed by atoms with Gasteiger partial charge in [0.2, 0.25) is 11.8 Å². The summed E-state index contributed by atoms with van der Waals surface area (Å²) in [7, 11) is 0. The molecule has 5 N–H and O–H groups in total. The normalized spacial score (nSPS) is 14.9. The van der Waals surface area contributed by atoms with Crippen LogP contribution >= 0.6 is 0 Å². The van der Waals surface area contributed by atoms with Crippen molar-refractivity contribution in [3.05, 3.63) is 12.7 Å². The molecule has 0 aromatic rings. The van der Waals surface area contributed by atoms with Crippen LogP contribution in [-0.2, 0) is 14.4 Å². The maximum atomic E-state index is 11.9. The molecule has 0 radical (unpaired) electrons. The molecule has 0 bridgehead atoms. The number of nitrogens with two attached hydrogens (primary N) is 1. The van der Waals surface area contributed by atoms with Crippen LogP contribution in [0.3, 0.4) is 0 Å². The van der Waals surface area contributed by atoms with Gasteiger partial charge in [-0.1, -0.05) is 13.0 Å². The first-order chi connectivity index (χ1) is 8.74. The number of aliphatic carboxylic acids is 1. The number of rotatable bonds is 8. The highest BCUT2D eigenvalue weighted by molar-refractivity contribution is 5.92. The summed E-state index contributed by atoms with van der Waals surface area (Å²) in [6.07, 6.45) is 2.12. The average Bonchev–Trinajstić information content (AvgIpc) is 2.32. The van der Waals surface area contributed by atoms with Crippen molar-refractivity contribution in [2.75, 3.05) is 6.54 Å². The fraction of sp³-hybridized carbons (Fsp3) is 0.583. The molecule has 0 fully saturated rings. The van der Waals surface area contributed by atoms with Crippen molar-refractivity contribution in [2.24, 2.45) is 5.73 Å². The maximum absolute atomic E-state index is 11.9. The fourth-order valence-electron chi connectivity index (χ4n) is 1.35. The number of carbonyl (C=O) groups excluding carboxylic acids is 2. The van der Waals surface area contributed by atoms with Crippen LogP contribution < -0.4 is 16.4 Å². The quantitative estimate of drug-likeness (QED) is 0.438. The zero-order valence-electron chi connectivity index (χ0n) is 11.2. The zero-order chi connectivity index (χ0) is 15.1. The molecule has 0 aromatic heterocycles. The van der Waals surface area contributed by atoms with Crippen molar-refractivity contribution in [1.29, 1.82) is 0 Å². The number of carboxylic acid groups (broad SMARTS) is 1. The SMILES string of the molecule is C=CC[C@@](C)(N)C(=O)N[C@@H](CC)C(=O)NCC(=O)O. The minimum atomic E-state index is -1.15. The Morgan fingerprint density at radius 1 is 1.47 bits per heavy atom. The van der Waals surface area contributed by atoms with E-state index in [-0.39, 0.29) is 6.42 Å². The molecular weight excluding hydrogens is 250 g/mol. The molecule has 0 aromatic carbocycles. The van der Waals surface area contributed by atoms with Gasteiger partial charge in [-0.05, 0) is 19.8 Å². The summed E-state index contributed by atoms with van der Waals surface area (Å²) in [5, 5.41) is 13.2. The number of carboxylic acids is 1. The molecule has 0 unspecified atom stereocenters. The largest absolute Gasteiger partial charge is 0.480 e. The van der Waals surface area contributed by atoms with E-state index in [1.807, 2.05) is 0 Å². The molecule has 0 rings (SSSR count). The molecule has 7 nitrogen and oxygen atoms in total. The Morgan fingerprint density at radius 2 is 2.05 bits per heavy atom. The highest BCUT2D eigenvalue weighted by atomic mass is 16.4. The van der Waals surface area contributed by atoms with E-state index >= 15 is 0 Å². The van der Waals surface area contributed by atoms with E-state index in [0.29, 0.717) is 6.42 Å². The first-order valence-electron chi connectivity index (χ1n) is 5.94. The Bertz CT molecular complexity index is 366. The number of nitrogens with one attached hydrogen (secondary N) is 2. The summed E-state index contributed by atoms with van der Waals surface area (Å²) < 4.78 is 0. The molecule has 0 aliphatic carbocycles. The summed E-state index contributed by atoms with van der Waals surface area (Å²) in [4.78, 5) is 33.9. The second kappa shape index (κ2) is 7.52. The molecule has 0 aliphatic rings. The molecule has 2 atom stereocenters. The summed E-state index contributed by atoms with van der Waals surface area (Å²) >= 11 is 0. The van der Waals surface area contributed by atoms with E-state index in [1.54, 1.807) is 6.92 Å². The van der Waals surface area contributed by atoms with E-state index in [0.717, 1.165) is 0 Å². The Balaban J connectivity index is 4.55. The molecule has 0 aliphatic heterocycles. The van der Waals surface area contributed by atoms with Crippen LogP contribution in [0.1, 0.15) is 26.7 Å². The molecule has 108 valence electrons. The lowest BCUT2D eigenvalue weighted by molar-refractivity contribution is -0.138. The van der Waals surface area contributed by atoms with E-state index in [2.05, 4.69) is 17.2 Å². The van der Waals surface area contributed by atoms with Crippen molar-refractivity contribution >= 4 is 17.8 Å². The third-order valence-electron chi connectivity index (χ3n) is 2.53. The predicted molar refractivity (Wildman–Crippen MR) is 70.3 cm³/mol. The summed E-state index contributed by atoms with van der Waals surface area (Å²) in [5.41, 5.74) is 4.64. The van der Waals surface area contributed by atoms with Crippen molar-refractivity contribution in [3.63, 3.8) is 0 Å². The lowest BCUT2D eigenvalue weighted by atomic mass is 9.97.